The van der Waals surface area contributed by atoms with Gasteiger partial charge in [0.25, 0.3) is 0 Å². The van der Waals surface area contributed by atoms with Crippen molar-refractivity contribution in [2.75, 3.05) is 21.7 Å². The van der Waals surface area contributed by atoms with E-state index in [4.69, 9.17) is 0 Å². The molecule has 0 radical (unpaired) electrons. The fraction of sp³-hybridized carbons (Fsp3) is 0.0286. The van der Waals surface area contributed by atoms with Gasteiger partial charge in [-0.05, 0) is 18.8 Å². The van der Waals surface area contributed by atoms with Gasteiger partial charge in [0.2, 0.25) is 0 Å². The van der Waals surface area contributed by atoms with Gasteiger partial charge in [0.1, 0.15) is 11.6 Å². The number of anilines is 5. The van der Waals surface area contributed by atoms with Gasteiger partial charge in [0.15, 0.2) is 0 Å². The zero-order chi connectivity index (χ0) is 27.8. The van der Waals surface area contributed by atoms with Crippen molar-refractivity contribution in [1.29, 1.82) is 0 Å². The molecular weight excluding hydrogens is 710 g/mol. The van der Waals surface area contributed by atoms with Crippen molar-refractivity contribution in [3.8, 4) is 33.5 Å². The van der Waals surface area contributed by atoms with Crippen molar-refractivity contribution >= 4 is 46.5 Å². The van der Waals surface area contributed by atoms with Crippen molar-refractivity contribution in [3.05, 3.63) is 128 Å². The first kappa shape index (κ1) is 25.9. The Morgan fingerprint density at radius 3 is 2.00 bits per heavy atom. The number of hydrogen-bond donors (Lipinski definition) is 0. The second-order valence-corrected chi connectivity index (χ2v) is 10.7. The Hall–Kier alpha value is -4.74. The molecule has 5 heterocycles. The smallest absolute Gasteiger partial charge is 0.324 e. The van der Waals surface area contributed by atoms with Crippen LogP contribution in [0.25, 0.3) is 33.5 Å². The van der Waals surface area contributed by atoms with E-state index in [9.17, 15) is 0 Å². The quantitative estimate of drug-likeness (QED) is 0.167. The van der Waals surface area contributed by atoms with E-state index < -0.39 is 0 Å². The molecule has 0 spiro atoms. The summed E-state index contributed by atoms with van der Waals surface area (Å²) in [6.45, 7) is 1.98. The van der Waals surface area contributed by atoms with Crippen LogP contribution in [0.1, 0.15) is 0 Å². The summed E-state index contributed by atoms with van der Waals surface area (Å²) in [4.78, 5) is 20.3. The molecule has 9 rings (SSSR count). The topological polar surface area (TPSA) is 48.4 Å². The third kappa shape index (κ3) is 3.81. The van der Waals surface area contributed by atoms with Gasteiger partial charge >= 0.3 is 6.85 Å². The van der Waals surface area contributed by atoms with Crippen LogP contribution in [0.2, 0.25) is 0 Å². The molecule has 0 aliphatic carbocycles. The Kier molecular flexibility index (Phi) is 5.99. The summed E-state index contributed by atoms with van der Waals surface area (Å²) in [5.41, 5.74) is 12.1. The van der Waals surface area contributed by atoms with Crippen LogP contribution in [0.15, 0.2) is 110 Å². The largest absolute Gasteiger partial charge is 0.487 e. The fourth-order valence-electron chi connectivity index (χ4n) is 6.56. The minimum Gasteiger partial charge on any atom is -0.487 e. The SMILES string of the molecule is CN1[CH-]N(c2[c-]c3c(cc2)-c2ccccc2B2c4ccccc4-c4ccc(-c5ccccn5)[c-]c4N23)c2nccnc21.[Pt]. The summed E-state index contributed by atoms with van der Waals surface area (Å²) in [5, 5.41) is 0. The number of fused-ring (bicyclic) bond motifs is 12. The number of aromatic nitrogens is 3. The van der Waals surface area contributed by atoms with Crippen LogP contribution in [0.3, 0.4) is 0 Å². The van der Waals surface area contributed by atoms with Crippen molar-refractivity contribution in [2.45, 2.75) is 0 Å². The van der Waals surface area contributed by atoms with Crippen molar-refractivity contribution in [3.63, 3.8) is 0 Å². The minimum absolute atomic E-state index is 0. The van der Waals surface area contributed by atoms with E-state index in [2.05, 4.69) is 110 Å². The first-order valence-corrected chi connectivity index (χ1v) is 14.0. The Labute approximate surface area is 265 Å². The van der Waals surface area contributed by atoms with Gasteiger partial charge in [-0.15, -0.1) is 53.8 Å². The van der Waals surface area contributed by atoms with Gasteiger partial charge in [-0.2, -0.15) is 6.07 Å². The molecule has 0 amide bonds. The molecule has 4 aromatic carbocycles. The standard InChI is InChI=1S/C35H22BN6.Pt/c1-40-22-41(35-34(40)38-18-19-39-35)24-14-16-28-26-9-3-5-11-30(26)36-29-10-4-2-8-25(29)27-15-13-23(31-12-6-7-17-37-31)20-32(27)42(36)33(28)21-24;/h2-19,22H,1H3;/q-3;. The van der Waals surface area contributed by atoms with Gasteiger partial charge in [0.05, 0.1) is 0 Å². The normalized spacial score (nSPS) is 13.7. The van der Waals surface area contributed by atoms with Gasteiger partial charge in [-0.3, -0.25) is 0 Å². The third-order valence-electron chi connectivity index (χ3n) is 8.38. The second kappa shape index (κ2) is 9.93. The molecule has 0 unspecified atom stereocenters. The number of pyridine rings is 1. The van der Waals surface area contributed by atoms with Crippen LogP contribution in [0.4, 0.5) is 28.7 Å². The van der Waals surface area contributed by atoms with Gasteiger partial charge < -0.3 is 19.6 Å². The Morgan fingerprint density at radius 2 is 1.28 bits per heavy atom. The number of hydrogen-bond acceptors (Lipinski definition) is 6. The maximum atomic E-state index is 4.65. The van der Waals surface area contributed by atoms with E-state index in [1.807, 2.05) is 43.0 Å². The first-order valence-electron chi connectivity index (χ1n) is 14.0. The van der Waals surface area contributed by atoms with Gasteiger partial charge in [-0.25, -0.2) is 9.97 Å². The summed E-state index contributed by atoms with van der Waals surface area (Å²) in [6.07, 6.45) is 5.29. The Balaban J connectivity index is 0.00000278. The number of benzene rings is 4. The Morgan fingerprint density at radius 1 is 0.628 bits per heavy atom. The average molecular weight is 732 g/mol. The molecule has 0 N–H and O–H groups in total. The summed E-state index contributed by atoms with van der Waals surface area (Å²) in [6, 6.07) is 39.8. The third-order valence-corrected chi connectivity index (χ3v) is 8.38. The van der Waals surface area contributed by atoms with E-state index >= 15 is 0 Å². The van der Waals surface area contributed by atoms with Gasteiger partial charge in [-0.1, -0.05) is 99.7 Å². The number of rotatable bonds is 2. The van der Waals surface area contributed by atoms with Gasteiger partial charge in [0, 0.05) is 39.7 Å². The molecule has 0 fully saturated rings. The van der Waals surface area contributed by atoms with Crippen molar-refractivity contribution in [2.24, 2.45) is 0 Å². The molecule has 3 aliphatic heterocycles. The molecule has 6 aromatic rings. The van der Waals surface area contributed by atoms with Crippen LogP contribution in [0.5, 0.6) is 0 Å². The maximum absolute atomic E-state index is 4.65. The average Bonchev–Trinajstić information content (AvgIpc) is 3.40. The molecular formula is C35H22BN6Pt-3. The van der Waals surface area contributed by atoms with Crippen LogP contribution in [-0.2, 0) is 21.1 Å². The molecule has 0 atom stereocenters. The van der Waals surface area contributed by atoms with Crippen molar-refractivity contribution in [1.82, 2.24) is 15.0 Å². The van der Waals surface area contributed by atoms with E-state index in [1.54, 1.807) is 12.4 Å². The van der Waals surface area contributed by atoms with Crippen LogP contribution in [-0.4, -0.2) is 28.8 Å². The summed E-state index contributed by atoms with van der Waals surface area (Å²) in [5.74, 6) is 1.61. The Bertz CT molecular complexity index is 2030. The summed E-state index contributed by atoms with van der Waals surface area (Å²) < 4.78 is 0. The van der Waals surface area contributed by atoms with Crippen LogP contribution < -0.4 is 25.5 Å². The molecule has 8 heteroatoms. The van der Waals surface area contributed by atoms with Crippen molar-refractivity contribution < 1.29 is 21.1 Å². The molecule has 0 bridgehead atoms. The van der Waals surface area contributed by atoms with Crippen LogP contribution in [0, 0.1) is 18.8 Å². The zero-order valence-electron chi connectivity index (χ0n) is 23.0. The minimum atomic E-state index is -0.0311. The molecule has 6 nitrogen and oxygen atoms in total. The van der Waals surface area contributed by atoms with E-state index in [0.717, 1.165) is 51.1 Å². The number of nitrogens with zero attached hydrogens (tertiary/aromatic N) is 6. The van der Waals surface area contributed by atoms with E-state index in [-0.39, 0.29) is 27.9 Å². The molecule has 43 heavy (non-hydrogen) atoms. The monoisotopic (exact) mass is 732 g/mol. The van der Waals surface area contributed by atoms with E-state index in [0.29, 0.717) is 0 Å². The molecule has 0 saturated carbocycles. The summed E-state index contributed by atoms with van der Waals surface area (Å²) in [7, 11) is 1.99. The molecule has 3 aliphatic rings. The second-order valence-electron chi connectivity index (χ2n) is 10.7. The fourth-order valence-corrected chi connectivity index (χ4v) is 6.56. The molecule has 208 valence electrons. The summed E-state index contributed by atoms with van der Waals surface area (Å²) >= 11 is 0. The predicted molar refractivity (Wildman–Crippen MR) is 169 cm³/mol. The predicted octanol–water partition coefficient (Wildman–Crippen LogP) is 5.75. The van der Waals surface area contributed by atoms with E-state index in [1.165, 1.54) is 22.1 Å². The molecule has 0 saturated heterocycles. The maximum Gasteiger partial charge on any atom is 0.324 e. The zero-order valence-corrected chi connectivity index (χ0v) is 25.3. The van der Waals surface area contributed by atoms with Crippen LogP contribution >= 0.6 is 0 Å². The first-order chi connectivity index (χ1) is 20.8. The molecule has 2 aromatic heterocycles.